The molecule has 0 aliphatic carbocycles. The molecule has 0 bridgehead atoms. The Morgan fingerprint density at radius 2 is 2.33 bits per heavy atom. The summed E-state index contributed by atoms with van der Waals surface area (Å²) in [6, 6.07) is 7.53. The molecule has 0 spiro atoms. The lowest BCUT2D eigenvalue weighted by molar-refractivity contribution is 0.340. The van der Waals surface area contributed by atoms with Crippen LogP contribution in [0, 0.1) is 18.3 Å². The summed E-state index contributed by atoms with van der Waals surface area (Å²) < 4.78 is 5.37. The average Bonchev–Trinajstić information content (AvgIpc) is 2.28. The van der Waals surface area contributed by atoms with Gasteiger partial charge in [0.25, 0.3) is 0 Å². The second-order valence-electron chi connectivity index (χ2n) is 3.14. The first-order valence-corrected chi connectivity index (χ1v) is 4.85. The van der Waals surface area contributed by atoms with Crippen LogP contribution >= 0.6 is 0 Å². The Morgan fingerprint density at radius 1 is 1.60 bits per heavy atom. The van der Waals surface area contributed by atoms with E-state index in [1.54, 1.807) is 18.2 Å². The molecule has 0 N–H and O–H groups in total. The molecule has 2 heteroatoms. The lowest BCUT2D eigenvalue weighted by Crippen LogP contribution is -1.97. The second-order valence-corrected chi connectivity index (χ2v) is 3.14. The van der Waals surface area contributed by atoms with Crippen LogP contribution in [0.2, 0.25) is 0 Å². The highest BCUT2D eigenvalue weighted by Crippen LogP contribution is 2.25. The number of ether oxygens (including phenoxy) is 1. The molecule has 0 aliphatic rings. The largest absolute Gasteiger partial charge is 0.494 e. The number of hydrogen-bond acceptors (Lipinski definition) is 2. The van der Waals surface area contributed by atoms with E-state index >= 15 is 0 Å². The van der Waals surface area contributed by atoms with Crippen molar-refractivity contribution in [2.45, 2.75) is 12.8 Å². The van der Waals surface area contributed by atoms with Gasteiger partial charge in [-0.05, 0) is 37.6 Å². The molecule has 1 aromatic rings. The first-order valence-electron chi connectivity index (χ1n) is 4.85. The van der Waals surface area contributed by atoms with E-state index in [2.05, 4.69) is 19.6 Å². The van der Waals surface area contributed by atoms with Crippen LogP contribution in [-0.2, 0) is 0 Å². The zero-order chi connectivity index (χ0) is 11.3. The van der Waals surface area contributed by atoms with Gasteiger partial charge in [-0.25, -0.2) is 0 Å². The number of nitrogens with zero attached hydrogens (tertiary/aromatic N) is 1. The van der Waals surface area contributed by atoms with Crippen molar-refractivity contribution >= 4 is 0 Å². The van der Waals surface area contributed by atoms with Crippen molar-refractivity contribution in [3.8, 4) is 11.8 Å². The van der Waals surface area contributed by atoms with E-state index in [1.165, 1.54) is 0 Å². The molecule has 77 valence electrons. The molecule has 2 nitrogen and oxygen atoms in total. The highest BCUT2D eigenvalue weighted by Gasteiger charge is 2.08. The molecule has 0 heterocycles. The van der Waals surface area contributed by atoms with Crippen molar-refractivity contribution in [1.29, 1.82) is 5.26 Å². The summed E-state index contributed by atoms with van der Waals surface area (Å²) in [5, 5.41) is 8.93. The molecule has 0 saturated heterocycles. The normalized spacial score (nSPS) is 11.5. The van der Waals surface area contributed by atoms with Crippen LogP contribution in [0.25, 0.3) is 0 Å². The van der Waals surface area contributed by atoms with E-state index in [0.29, 0.717) is 12.2 Å². The van der Waals surface area contributed by atoms with Crippen molar-refractivity contribution in [2.24, 2.45) is 0 Å². The summed E-state index contributed by atoms with van der Waals surface area (Å²) in [6.45, 7) is 10.1. The van der Waals surface area contributed by atoms with Gasteiger partial charge in [0, 0.05) is 5.92 Å². The molecule has 0 fully saturated rings. The van der Waals surface area contributed by atoms with Crippen LogP contribution in [0.15, 0.2) is 30.9 Å². The Labute approximate surface area is 90.8 Å². The highest BCUT2D eigenvalue weighted by molar-refractivity contribution is 5.46. The van der Waals surface area contributed by atoms with Gasteiger partial charge in [0.15, 0.2) is 0 Å². The molecule has 0 saturated carbocycles. The topological polar surface area (TPSA) is 33.0 Å². The molecule has 15 heavy (non-hydrogen) atoms. The van der Waals surface area contributed by atoms with Crippen molar-refractivity contribution in [1.82, 2.24) is 0 Å². The Morgan fingerprint density at radius 3 is 2.87 bits per heavy atom. The fourth-order valence-corrected chi connectivity index (χ4v) is 1.33. The highest BCUT2D eigenvalue weighted by atomic mass is 16.5. The minimum atomic E-state index is -0.0833. The number of nitriles is 1. The molecule has 1 aromatic carbocycles. The minimum Gasteiger partial charge on any atom is -0.494 e. The van der Waals surface area contributed by atoms with Crippen molar-refractivity contribution in [3.63, 3.8) is 0 Å². The van der Waals surface area contributed by atoms with Crippen molar-refractivity contribution < 1.29 is 4.74 Å². The molecule has 1 rings (SSSR count). The van der Waals surface area contributed by atoms with Crippen LogP contribution in [0.4, 0.5) is 0 Å². The maximum Gasteiger partial charge on any atom is 0.119 e. The lowest BCUT2D eigenvalue weighted by Gasteiger charge is -2.11. The first kappa shape index (κ1) is 11.3. The predicted octanol–water partition coefficient (Wildman–Crippen LogP) is 3.06. The lowest BCUT2D eigenvalue weighted by atomic mass is 9.96. The number of benzene rings is 1. The maximum atomic E-state index is 8.93. The monoisotopic (exact) mass is 200 g/mol. The van der Waals surface area contributed by atoms with E-state index in [1.807, 2.05) is 13.0 Å². The molecule has 1 atom stereocenters. The third-order valence-electron chi connectivity index (χ3n) is 2.14. The Bertz CT molecular complexity index is 390. The van der Waals surface area contributed by atoms with Gasteiger partial charge in [0.1, 0.15) is 5.75 Å². The molecule has 0 amide bonds. The Kier molecular flexibility index (Phi) is 3.93. The molecule has 1 unspecified atom stereocenters. The summed E-state index contributed by atoms with van der Waals surface area (Å²) in [5.74, 6) is 0.682. The quantitative estimate of drug-likeness (QED) is 0.700. The minimum absolute atomic E-state index is 0.0833. The summed E-state index contributed by atoms with van der Waals surface area (Å²) in [5.41, 5.74) is 1.48. The van der Waals surface area contributed by atoms with E-state index in [-0.39, 0.29) is 5.92 Å². The molecule has 1 radical (unpaired) electrons. The van der Waals surface area contributed by atoms with Gasteiger partial charge in [-0.3, -0.25) is 0 Å². The fourth-order valence-electron chi connectivity index (χ4n) is 1.33. The van der Waals surface area contributed by atoms with Crippen LogP contribution in [0.3, 0.4) is 0 Å². The zero-order valence-corrected chi connectivity index (χ0v) is 8.86. The third-order valence-corrected chi connectivity index (χ3v) is 2.14. The van der Waals surface area contributed by atoms with Gasteiger partial charge >= 0.3 is 0 Å². The van der Waals surface area contributed by atoms with E-state index in [4.69, 9.17) is 10.00 Å². The molecular formula is C13H14NO. The SMILES string of the molecule is [CH2]C(C=C)c1cc(OCC)ccc1C#N. The van der Waals surface area contributed by atoms with Crippen molar-refractivity contribution in [3.05, 3.63) is 48.9 Å². The van der Waals surface area contributed by atoms with Gasteiger partial charge in [-0.1, -0.05) is 6.08 Å². The smallest absolute Gasteiger partial charge is 0.119 e. The number of allylic oxidation sites excluding steroid dienone is 1. The summed E-state index contributed by atoms with van der Waals surface area (Å²) in [7, 11) is 0. The van der Waals surface area contributed by atoms with Gasteiger partial charge < -0.3 is 4.74 Å². The standard InChI is InChI=1S/C13H14NO/c1-4-10(3)13-8-12(15-5-2)7-6-11(13)9-14/h4,6-8,10H,1,3,5H2,2H3. The van der Waals surface area contributed by atoms with E-state index in [9.17, 15) is 0 Å². The summed E-state index contributed by atoms with van der Waals surface area (Å²) >= 11 is 0. The predicted molar refractivity (Wildman–Crippen MR) is 60.6 cm³/mol. The van der Waals surface area contributed by atoms with Crippen LogP contribution < -0.4 is 4.74 Å². The van der Waals surface area contributed by atoms with Crippen molar-refractivity contribution in [2.75, 3.05) is 6.61 Å². The van der Waals surface area contributed by atoms with E-state index < -0.39 is 0 Å². The number of rotatable bonds is 4. The molecular weight excluding hydrogens is 186 g/mol. The second kappa shape index (κ2) is 5.21. The summed E-state index contributed by atoms with van der Waals surface area (Å²) in [4.78, 5) is 0. The number of hydrogen-bond donors (Lipinski definition) is 0. The maximum absolute atomic E-state index is 8.93. The third kappa shape index (κ3) is 2.60. The van der Waals surface area contributed by atoms with Crippen LogP contribution in [-0.4, -0.2) is 6.61 Å². The Balaban J connectivity index is 3.14. The van der Waals surface area contributed by atoms with Gasteiger partial charge in [-0.2, -0.15) is 5.26 Å². The van der Waals surface area contributed by atoms with Gasteiger partial charge in [0.05, 0.1) is 18.2 Å². The van der Waals surface area contributed by atoms with Gasteiger partial charge in [0.2, 0.25) is 0 Å². The molecule has 0 aliphatic heterocycles. The van der Waals surface area contributed by atoms with E-state index in [0.717, 1.165) is 11.3 Å². The molecule has 0 aromatic heterocycles. The fraction of sp³-hybridized carbons (Fsp3) is 0.231. The first-order chi connectivity index (χ1) is 7.22. The summed E-state index contributed by atoms with van der Waals surface area (Å²) in [6.07, 6.45) is 1.71. The van der Waals surface area contributed by atoms with Crippen LogP contribution in [0.5, 0.6) is 5.75 Å². The zero-order valence-electron chi connectivity index (χ0n) is 8.86. The Hall–Kier alpha value is -1.75. The van der Waals surface area contributed by atoms with Gasteiger partial charge in [-0.15, -0.1) is 6.58 Å². The average molecular weight is 200 g/mol. The van der Waals surface area contributed by atoms with Crippen LogP contribution in [0.1, 0.15) is 24.0 Å².